The Morgan fingerprint density at radius 3 is 2.74 bits per heavy atom. The van der Waals surface area contributed by atoms with Crippen molar-refractivity contribution in [2.24, 2.45) is 0 Å². The van der Waals surface area contributed by atoms with Crippen LogP contribution in [0.5, 0.6) is 5.75 Å². The Morgan fingerprint density at radius 1 is 1.44 bits per heavy atom. The summed E-state index contributed by atoms with van der Waals surface area (Å²) in [6.45, 7) is 1.51. The molecule has 0 bridgehead atoms. The summed E-state index contributed by atoms with van der Waals surface area (Å²) in [5.41, 5.74) is 0.374. The lowest BCUT2D eigenvalue weighted by atomic mass is 10.2. The fourth-order valence-corrected chi connectivity index (χ4v) is 4.56. The third-order valence-corrected chi connectivity index (χ3v) is 6.14. The second kappa shape index (κ2) is 9.06. The predicted octanol–water partition coefficient (Wildman–Crippen LogP) is 0.742. The zero-order valence-corrected chi connectivity index (χ0v) is 16.3. The smallest absolute Gasteiger partial charge is 0.260 e. The summed E-state index contributed by atoms with van der Waals surface area (Å²) in [6.07, 6.45) is 0.383. The Labute approximate surface area is 163 Å². The molecule has 1 aliphatic heterocycles. The highest BCUT2D eigenvalue weighted by Gasteiger charge is 2.29. The molecule has 1 fully saturated rings. The van der Waals surface area contributed by atoms with E-state index in [1.165, 1.54) is 23.1 Å². The summed E-state index contributed by atoms with van der Waals surface area (Å²) in [6, 6.07) is 5.98. The van der Waals surface area contributed by atoms with Crippen molar-refractivity contribution in [3.8, 4) is 11.8 Å². The van der Waals surface area contributed by atoms with Gasteiger partial charge < -0.3 is 15.0 Å². The summed E-state index contributed by atoms with van der Waals surface area (Å²) in [4.78, 5) is 25.7. The Bertz CT molecular complexity index is 866. The standard InChI is InChI=1S/C17H20ClN3O5S/c1-2-21(9-16(22)20-13-5-6-27(24,25)11-13)17(23)10-26-15-4-3-12(8-19)7-14(15)18/h3-4,7,13H,2,5-6,9-11H2,1H3,(H,20,22)/t13-/m1/s1. The number of carbonyl (C=O) groups excluding carboxylic acids is 2. The summed E-state index contributed by atoms with van der Waals surface area (Å²) in [7, 11) is -3.09. The van der Waals surface area contributed by atoms with Gasteiger partial charge in [0.1, 0.15) is 5.75 Å². The number of rotatable bonds is 7. The van der Waals surface area contributed by atoms with Gasteiger partial charge in [-0.1, -0.05) is 11.6 Å². The van der Waals surface area contributed by atoms with E-state index in [2.05, 4.69) is 5.32 Å². The lowest BCUT2D eigenvalue weighted by Crippen LogP contribution is -2.45. The molecule has 2 rings (SSSR count). The van der Waals surface area contributed by atoms with Crippen LogP contribution < -0.4 is 10.1 Å². The topological polar surface area (TPSA) is 117 Å². The molecule has 8 nitrogen and oxygen atoms in total. The molecule has 2 amide bonds. The molecule has 0 spiro atoms. The predicted molar refractivity (Wildman–Crippen MR) is 99.1 cm³/mol. The van der Waals surface area contributed by atoms with Gasteiger partial charge in [0.2, 0.25) is 5.91 Å². The lowest BCUT2D eigenvalue weighted by Gasteiger charge is -2.21. The molecule has 1 saturated heterocycles. The minimum Gasteiger partial charge on any atom is -0.482 e. The van der Waals surface area contributed by atoms with E-state index in [0.29, 0.717) is 18.5 Å². The first-order valence-electron chi connectivity index (χ1n) is 8.34. The number of nitrogens with one attached hydrogen (secondary N) is 1. The number of benzene rings is 1. The van der Waals surface area contributed by atoms with Gasteiger partial charge in [-0.15, -0.1) is 0 Å². The summed E-state index contributed by atoms with van der Waals surface area (Å²) < 4.78 is 28.3. The normalized spacial score (nSPS) is 17.7. The van der Waals surface area contributed by atoms with Gasteiger partial charge >= 0.3 is 0 Å². The van der Waals surface area contributed by atoms with Crippen molar-refractivity contribution in [1.29, 1.82) is 5.26 Å². The largest absolute Gasteiger partial charge is 0.482 e. The monoisotopic (exact) mass is 413 g/mol. The number of hydrogen-bond donors (Lipinski definition) is 1. The maximum absolute atomic E-state index is 12.3. The van der Waals surface area contributed by atoms with E-state index in [1.807, 2.05) is 6.07 Å². The van der Waals surface area contributed by atoms with Crippen LogP contribution in [0.1, 0.15) is 18.9 Å². The third kappa shape index (κ3) is 6.12. The molecular weight excluding hydrogens is 394 g/mol. The van der Waals surface area contributed by atoms with E-state index in [-0.39, 0.29) is 35.4 Å². The van der Waals surface area contributed by atoms with E-state index in [0.717, 1.165) is 0 Å². The van der Waals surface area contributed by atoms with E-state index in [9.17, 15) is 18.0 Å². The highest BCUT2D eigenvalue weighted by Crippen LogP contribution is 2.25. The van der Waals surface area contributed by atoms with Crippen molar-refractivity contribution < 1.29 is 22.7 Å². The summed E-state index contributed by atoms with van der Waals surface area (Å²) in [5.74, 6) is -0.566. The molecule has 1 atom stereocenters. The minimum absolute atomic E-state index is 0.0631. The Morgan fingerprint density at radius 2 is 2.19 bits per heavy atom. The van der Waals surface area contributed by atoms with Crippen LogP contribution in [-0.4, -0.2) is 62.4 Å². The molecule has 146 valence electrons. The molecule has 1 aromatic rings. The van der Waals surface area contributed by atoms with Gasteiger partial charge in [0.25, 0.3) is 5.91 Å². The van der Waals surface area contributed by atoms with Crippen LogP contribution in [0, 0.1) is 11.3 Å². The van der Waals surface area contributed by atoms with Gasteiger partial charge in [0.15, 0.2) is 16.4 Å². The molecule has 1 N–H and O–H groups in total. The molecule has 27 heavy (non-hydrogen) atoms. The number of halogens is 1. The number of sulfone groups is 1. The fraction of sp³-hybridized carbons (Fsp3) is 0.471. The Balaban J connectivity index is 1.86. The van der Waals surface area contributed by atoms with Crippen molar-refractivity contribution in [1.82, 2.24) is 10.2 Å². The van der Waals surface area contributed by atoms with E-state index < -0.39 is 27.7 Å². The molecule has 0 radical (unpaired) electrons. The van der Waals surface area contributed by atoms with Gasteiger partial charge in [-0.2, -0.15) is 5.26 Å². The first kappa shape index (κ1) is 21.0. The van der Waals surface area contributed by atoms with Gasteiger partial charge in [-0.25, -0.2) is 8.42 Å². The van der Waals surface area contributed by atoms with Crippen LogP contribution in [0.4, 0.5) is 0 Å². The second-order valence-corrected chi connectivity index (χ2v) is 8.76. The zero-order valence-electron chi connectivity index (χ0n) is 14.8. The van der Waals surface area contributed by atoms with Gasteiger partial charge in [-0.3, -0.25) is 9.59 Å². The van der Waals surface area contributed by atoms with Crippen LogP contribution in [0.3, 0.4) is 0 Å². The third-order valence-electron chi connectivity index (χ3n) is 4.08. The summed E-state index contributed by atoms with van der Waals surface area (Å²) >= 11 is 5.99. The SMILES string of the molecule is CCN(CC(=O)N[C@@H]1CCS(=O)(=O)C1)C(=O)COc1ccc(C#N)cc1Cl. The van der Waals surface area contributed by atoms with Gasteiger partial charge in [0.05, 0.1) is 34.7 Å². The Kier molecular flexibility index (Phi) is 7.05. The lowest BCUT2D eigenvalue weighted by molar-refractivity contribution is -0.137. The molecule has 1 aliphatic rings. The average Bonchev–Trinajstić information content (AvgIpc) is 2.96. The van der Waals surface area contributed by atoms with Crippen LogP contribution in [0.2, 0.25) is 5.02 Å². The highest BCUT2D eigenvalue weighted by atomic mass is 35.5. The number of hydrogen-bond acceptors (Lipinski definition) is 6. The number of nitriles is 1. The highest BCUT2D eigenvalue weighted by molar-refractivity contribution is 7.91. The first-order chi connectivity index (χ1) is 12.7. The van der Waals surface area contributed by atoms with Crippen LogP contribution in [0.25, 0.3) is 0 Å². The fourth-order valence-electron chi connectivity index (χ4n) is 2.65. The minimum atomic E-state index is -3.09. The quantitative estimate of drug-likeness (QED) is 0.704. The van der Waals surface area contributed by atoms with E-state index in [4.69, 9.17) is 21.6 Å². The van der Waals surface area contributed by atoms with Crippen LogP contribution in [-0.2, 0) is 19.4 Å². The maximum Gasteiger partial charge on any atom is 0.260 e. The van der Waals surface area contributed by atoms with Crippen LogP contribution >= 0.6 is 11.6 Å². The molecule has 0 aliphatic carbocycles. The Hall–Kier alpha value is -2.31. The number of ether oxygens (including phenoxy) is 1. The van der Waals surface area contributed by atoms with E-state index >= 15 is 0 Å². The molecule has 0 aromatic heterocycles. The molecular formula is C17H20ClN3O5S. The summed E-state index contributed by atoms with van der Waals surface area (Å²) in [5, 5.41) is 11.7. The number of nitrogens with zero attached hydrogens (tertiary/aromatic N) is 2. The molecule has 0 saturated carbocycles. The molecule has 1 heterocycles. The van der Waals surface area contributed by atoms with Gasteiger partial charge in [0, 0.05) is 12.6 Å². The van der Waals surface area contributed by atoms with Crippen LogP contribution in [0.15, 0.2) is 18.2 Å². The number of amides is 2. The molecule has 1 aromatic carbocycles. The van der Waals surface area contributed by atoms with Crippen molar-refractivity contribution in [3.63, 3.8) is 0 Å². The molecule has 0 unspecified atom stereocenters. The van der Waals surface area contributed by atoms with Crippen molar-refractivity contribution in [3.05, 3.63) is 28.8 Å². The van der Waals surface area contributed by atoms with E-state index in [1.54, 1.807) is 6.92 Å². The maximum atomic E-state index is 12.3. The first-order valence-corrected chi connectivity index (χ1v) is 10.5. The molecule has 10 heteroatoms. The van der Waals surface area contributed by atoms with Gasteiger partial charge in [-0.05, 0) is 31.5 Å². The average molecular weight is 414 g/mol. The van der Waals surface area contributed by atoms with Crippen molar-refractivity contribution >= 4 is 33.3 Å². The van der Waals surface area contributed by atoms with Crippen molar-refractivity contribution in [2.75, 3.05) is 31.2 Å². The second-order valence-electron chi connectivity index (χ2n) is 6.12. The number of likely N-dealkylation sites (N-methyl/N-ethyl adjacent to an activating group) is 1. The zero-order chi connectivity index (χ0) is 20.0. The number of carbonyl (C=O) groups is 2. The van der Waals surface area contributed by atoms with Crippen molar-refractivity contribution in [2.45, 2.75) is 19.4 Å².